The summed E-state index contributed by atoms with van der Waals surface area (Å²) in [6.07, 6.45) is 0.719. The highest BCUT2D eigenvalue weighted by Gasteiger charge is 2.33. The first-order valence-corrected chi connectivity index (χ1v) is 15.2. The van der Waals surface area contributed by atoms with Crippen molar-refractivity contribution in [2.24, 2.45) is 0 Å². The van der Waals surface area contributed by atoms with Crippen molar-refractivity contribution in [2.45, 2.75) is 50.7 Å². The molecule has 4 rings (SSSR count). The molecule has 9 nitrogen and oxygen atoms in total. The van der Waals surface area contributed by atoms with E-state index in [-0.39, 0.29) is 29.1 Å². The van der Waals surface area contributed by atoms with Crippen LogP contribution in [-0.2, 0) is 26.2 Å². The average molecular weight is 600 g/mol. The minimum atomic E-state index is -4.19. The molecule has 3 aromatic rings. The van der Waals surface area contributed by atoms with Crippen molar-refractivity contribution in [3.8, 4) is 11.5 Å². The Morgan fingerprint density at radius 1 is 0.951 bits per heavy atom. The van der Waals surface area contributed by atoms with Crippen LogP contribution in [-0.4, -0.2) is 57.0 Å². The number of benzene rings is 3. The highest BCUT2D eigenvalue weighted by Crippen LogP contribution is 2.36. The molecule has 218 valence electrons. The van der Waals surface area contributed by atoms with E-state index < -0.39 is 28.5 Å². The van der Waals surface area contributed by atoms with Crippen LogP contribution < -0.4 is 19.1 Å². The second-order valence-electron chi connectivity index (χ2n) is 9.79. The van der Waals surface area contributed by atoms with E-state index in [2.05, 4.69) is 5.32 Å². The smallest absolute Gasteiger partial charge is 0.264 e. The number of hydrogen-bond donors (Lipinski definition) is 1. The number of anilines is 1. The third kappa shape index (κ3) is 7.31. The molecule has 1 heterocycles. The number of rotatable bonds is 11. The summed E-state index contributed by atoms with van der Waals surface area (Å²) in [5.74, 6) is -0.0172. The van der Waals surface area contributed by atoms with Crippen LogP contribution in [0.3, 0.4) is 0 Å². The second-order valence-corrected chi connectivity index (χ2v) is 12.1. The molecule has 0 aromatic heterocycles. The SMILES string of the molecule is CC[C@H](C)NC(=O)[C@H](C)N(Cc1ccc(Cl)cc1)C(=O)CN(c1ccc2c(c1)OCCO2)S(=O)(=O)c1ccccc1. The van der Waals surface area contributed by atoms with Gasteiger partial charge in [0, 0.05) is 23.7 Å². The summed E-state index contributed by atoms with van der Waals surface area (Å²) in [7, 11) is -4.19. The zero-order chi connectivity index (χ0) is 29.6. The van der Waals surface area contributed by atoms with Crippen molar-refractivity contribution in [1.82, 2.24) is 10.2 Å². The summed E-state index contributed by atoms with van der Waals surface area (Å²) in [5.41, 5.74) is 0.970. The number of nitrogens with zero attached hydrogens (tertiary/aromatic N) is 2. The predicted molar refractivity (Wildman–Crippen MR) is 158 cm³/mol. The highest BCUT2D eigenvalue weighted by molar-refractivity contribution is 7.92. The van der Waals surface area contributed by atoms with Gasteiger partial charge in [0.25, 0.3) is 10.0 Å². The van der Waals surface area contributed by atoms with E-state index >= 15 is 0 Å². The van der Waals surface area contributed by atoms with Crippen molar-refractivity contribution in [3.05, 3.63) is 83.4 Å². The summed E-state index contributed by atoms with van der Waals surface area (Å²) in [6.45, 7) is 5.69. The zero-order valence-corrected chi connectivity index (χ0v) is 24.8. The fourth-order valence-electron chi connectivity index (χ4n) is 4.27. The molecular formula is C30H34ClN3O6S. The van der Waals surface area contributed by atoms with E-state index in [1.807, 2.05) is 13.8 Å². The first-order chi connectivity index (χ1) is 19.6. The van der Waals surface area contributed by atoms with Gasteiger partial charge in [0.2, 0.25) is 11.8 Å². The normalized spacial score (nSPS) is 14.0. The van der Waals surface area contributed by atoms with E-state index in [1.165, 1.54) is 17.0 Å². The minimum Gasteiger partial charge on any atom is -0.486 e. The first kappa shape index (κ1) is 30.2. The van der Waals surface area contributed by atoms with Crippen molar-refractivity contribution in [3.63, 3.8) is 0 Å². The molecular weight excluding hydrogens is 566 g/mol. The predicted octanol–water partition coefficient (Wildman–Crippen LogP) is 4.64. The lowest BCUT2D eigenvalue weighted by atomic mass is 10.1. The number of ether oxygens (including phenoxy) is 2. The van der Waals surface area contributed by atoms with Gasteiger partial charge in [-0.3, -0.25) is 13.9 Å². The topological polar surface area (TPSA) is 105 Å². The number of sulfonamides is 1. The highest BCUT2D eigenvalue weighted by atomic mass is 35.5. The van der Waals surface area contributed by atoms with Gasteiger partial charge in [-0.1, -0.05) is 48.9 Å². The number of nitrogens with one attached hydrogen (secondary N) is 1. The molecule has 1 aliphatic heterocycles. The molecule has 0 saturated heterocycles. The van der Waals surface area contributed by atoms with Crippen molar-refractivity contribution in [1.29, 1.82) is 0 Å². The minimum absolute atomic E-state index is 0.0227. The van der Waals surface area contributed by atoms with E-state index in [0.29, 0.717) is 29.7 Å². The number of carbonyl (C=O) groups excluding carboxylic acids is 2. The Hall–Kier alpha value is -3.76. The van der Waals surface area contributed by atoms with Gasteiger partial charge >= 0.3 is 0 Å². The van der Waals surface area contributed by atoms with Crippen molar-refractivity contribution < 1.29 is 27.5 Å². The molecule has 1 N–H and O–H groups in total. The lowest BCUT2D eigenvalue weighted by molar-refractivity contribution is -0.139. The fraction of sp³-hybridized carbons (Fsp3) is 0.333. The maximum Gasteiger partial charge on any atom is 0.264 e. The van der Waals surface area contributed by atoms with Gasteiger partial charge in [0.1, 0.15) is 25.8 Å². The number of fused-ring (bicyclic) bond motifs is 1. The van der Waals surface area contributed by atoms with Gasteiger partial charge in [0.05, 0.1) is 10.6 Å². The molecule has 0 aliphatic carbocycles. The first-order valence-electron chi connectivity index (χ1n) is 13.4. The summed E-state index contributed by atoms with van der Waals surface area (Å²) in [5, 5.41) is 3.45. The lowest BCUT2D eigenvalue weighted by Crippen LogP contribution is -2.52. The Bertz CT molecular complexity index is 1470. The Morgan fingerprint density at radius 3 is 2.27 bits per heavy atom. The van der Waals surface area contributed by atoms with E-state index in [4.69, 9.17) is 21.1 Å². The summed E-state index contributed by atoms with van der Waals surface area (Å²) in [4.78, 5) is 28.6. The average Bonchev–Trinajstić information content (AvgIpc) is 2.99. The molecule has 0 radical (unpaired) electrons. The summed E-state index contributed by atoms with van der Waals surface area (Å²) >= 11 is 6.06. The maximum absolute atomic E-state index is 14.0. The summed E-state index contributed by atoms with van der Waals surface area (Å²) < 4.78 is 40.2. The molecule has 41 heavy (non-hydrogen) atoms. The Morgan fingerprint density at radius 2 is 1.61 bits per heavy atom. The quantitative estimate of drug-likeness (QED) is 0.344. The van der Waals surface area contributed by atoms with Crippen molar-refractivity contribution >= 4 is 39.1 Å². The third-order valence-corrected chi connectivity index (χ3v) is 8.90. The molecule has 0 spiro atoms. The Balaban J connectivity index is 1.72. The second kappa shape index (κ2) is 13.3. The monoisotopic (exact) mass is 599 g/mol. The number of amides is 2. The lowest BCUT2D eigenvalue weighted by Gasteiger charge is -2.32. The number of halogens is 1. The van der Waals surface area contributed by atoms with Crippen LogP contribution in [0.1, 0.15) is 32.8 Å². The van der Waals surface area contributed by atoms with Gasteiger partial charge in [-0.05, 0) is 62.2 Å². The molecule has 0 bridgehead atoms. The van der Waals surface area contributed by atoms with Gasteiger partial charge in [-0.25, -0.2) is 8.42 Å². The Labute approximate surface area is 246 Å². The molecule has 2 atom stereocenters. The third-order valence-electron chi connectivity index (χ3n) is 6.86. The standard InChI is InChI=1S/C30H34ClN3O6S/c1-4-21(2)32-30(36)22(3)33(19-23-10-12-24(31)13-11-23)29(35)20-34(41(37,38)26-8-6-5-7-9-26)25-14-15-27-28(18-25)40-17-16-39-27/h5-15,18,21-22H,4,16-17,19-20H2,1-3H3,(H,32,36)/t21-,22-/m0/s1. The van der Waals surface area contributed by atoms with Crippen LogP contribution in [0.2, 0.25) is 5.02 Å². The van der Waals surface area contributed by atoms with Gasteiger partial charge in [0.15, 0.2) is 11.5 Å². The molecule has 0 fully saturated rings. The maximum atomic E-state index is 14.0. The van der Waals surface area contributed by atoms with Crippen LogP contribution in [0.15, 0.2) is 77.7 Å². The molecule has 0 saturated carbocycles. The van der Waals surface area contributed by atoms with Crippen LogP contribution in [0.25, 0.3) is 0 Å². The van der Waals surface area contributed by atoms with Crippen molar-refractivity contribution in [2.75, 3.05) is 24.1 Å². The summed E-state index contributed by atoms with van der Waals surface area (Å²) in [6, 6.07) is 18.6. The van der Waals surface area contributed by atoms with E-state index in [9.17, 15) is 18.0 Å². The van der Waals surface area contributed by atoms with Gasteiger partial charge in [-0.2, -0.15) is 0 Å². The van der Waals surface area contributed by atoms with E-state index in [0.717, 1.165) is 16.3 Å². The van der Waals surface area contributed by atoms with Crippen LogP contribution in [0.5, 0.6) is 11.5 Å². The molecule has 1 aliphatic rings. The fourth-order valence-corrected chi connectivity index (χ4v) is 5.82. The van der Waals surface area contributed by atoms with Gasteiger partial charge in [-0.15, -0.1) is 0 Å². The number of carbonyl (C=O) groups is 2. The van der Waals surface area contributed by atoms with Crippen LogP contribution in [0.4, 0.5) is 5.69 Å². The largest absolute Gasteiger partial charge is 0.486 e. The van der Waals surface area contributed by atoms with Gasteiger partial charge < -0.3 is 19.7 Å². The Kier molecular flexibility index (Phi) is 9.77. The molecule has 11 heteroatoms. The van der Waals surface area contributed by atoms with Crippen LogP contribution >= 0.6 is 11.6 Å². The number of hydrogen-bond acceptors (Lipinski definition) is 6. The van der Waals surface area contributed by atoms with E-state index in [1.54, 1.807) is 67.6 Å². The van der Waals surface area contributed by atoms with Crippen LogP contribution in [0, 0.1) is 0 Å². The molecule has 2 amide bonds. The zero-order valence-electron chi connectivity index (χ0n) is 23.2. The molecule has 0 unspecified atom stereocenters. The molecule has 3 aromatic carbocycles.